The van der Waals surface area contributed by atoms with Crippen LogP contribution < -0.4 is 0 Å². The highest BCUT2D eigenvalue weighted by Gasteiger charge is 2.48. The summed E-state index contributed by atoms with van der Waals surface area (Å²) in [5.74, 6) is -0.664. The van der Waals surface area contributed by atoms with Gasteiger partial charge in [-0.05, 0) is 5.92 Å². The van der Waals surface area contributed by atoms with Crippen molar-refractivity contribution in [1.29, 1.82) is 0 Å². The van der Waals surface area contributed by atoms with Crippen LogP contribution >= 0.6 is 0 Å². The number of rotatable bonds is 2. The summed E-state index contributed by atoms with van der Waals surface area (Å²) in [5.41, 5.74) is 0.674. The van der Waals surface area contributed by atoms with E-state index >= 15 is 0 Å². The van der Waals surface area contributed by atoms with Gasteiger partial charge in [0.05, 0.1) is 12.5 Å². The largest absolute Gasteiger partial charge is 0.465 e. The molecule has 98 valence electrons. The van der Waals surface area contributed by atoms with Crippen molar-refractivity contribution in [2.24, 2.45) is 23.7 Å². The van der Waals surface area contributed by atoms with Crippen molar-refractivity contribution in [2.45, 2.75) is 6.92 Å². The molecule has 1 saturated heterocycles. The average molecular weight is 256 g/mol. The van der Waals surface area contributed by atoms with Gasteiger partial charge in [0.1, 0.15) is 0 Å². The molecule has 0 saturated carbocycles. The lowest BCUT2D eigenvalue weighted by atomic mass is 9.69. The van der Waals surface area contributed by atoms with E-state index in [1.54, 1.807) is 0 Å². The molecule has 1 aliphatic heterocycles. The average Bonchev–Trinajstić information content (AvgIpc) is 2.81. The maximum atomic E-state index is 12.7. The summed E-state index contributed by atoms with van der Waals surface area (Å²) in [7, 11) is 0. The molecule has 1 aliphatic carbocycles. The Kier molecular flexibility index (Phi) is 2.97. The minimum Gasteiger partial charge on any atom is -0.465 e. The molecule has 0 amide bonds. The van der Waals surface area contributed by atoms with Gasteiger partial charge in [0.15, 0.2) is 5.78 Å². The summed E-state index contributed by atoms with van der Waals surface area (Å²) in [4.78, 5) is 24.5. The van der Waals surface area contributed by atoms with Gasteiger partial charge in [-0.2, -0.15) is 0 Å². The summed E-state index contributed by atoms with van der Waals surface area (Å²) >= 11 is 0. The Morgan fingerprint density at radius 2 is 1.95 bits per heavy atom. The lowest BCUT2D eigenvalue weighted by molar-refractivity contribution is -0.142. The second kappa shape index (κ2) is 4.65. The van der Waals surface area contributed by atoms with Crippen molar-refractivity contribution < 1.29 is 14.3 Å². The zero-order valence-corrected chi connectivity index (χ0v) is 10.8. The van der Waals surface area contributed by atoms with Crippen LogP contribution in [0.2, 0.25) is 0 Å². The molecule has 2 aliphatic rings. The third kappa shape index (κ3) is 1.99. The third-order valence-electron chi connectivity index (χ3n) is 4.13. The van der Waals surface area contributed by atoms with Crippen molar-refractivity contribution in [3.63, 3.8) is 0 Å². The first kappa shape index (κ1) is 12.2. The van der Waals surface area contributed by atoms with Crippen molar-refractivity contribution >= 4 is 11.8 Å². The molecule has 0 N–H and O–H groups in total. The topological polar surface area (TPSA) is 43.4 Å². The molecule has 19 heavy (non-hydrogen) atoms. The fourth-order valence-electron chi connectivity index (χ4n) is 3.10. The van der Waals surface area contributed by atoms with Crippen LogP contribution in [0.5, 0.6) is 0 Å². The molecule has 1 aromatic rings. The first-order valence-corrected chi connectivity index (χ1v) is 6.62. The van der Waals surface area contributed by atoms with E-state index < -0.39 is 0 Å². The number of Topliss-reactive ketones (excluding diaryl/α,β-unsaturated/α-hetero) is 1. The van der Waals surface area contributed by atoms with E-state index in [0.29, 0.717) is 12.2 Å². The van der Waals surface area contributed by atoms with Gasteiger partial charge in [-0.3, -0.25) is 9.59 Å². The quantitative estimate of drug-likeness (QED) is 0.464. The molecular weight excluding hydrogens is 240 g/mol. The third-order valence-corrected chi connectivity index (χ3v) is 4.13. The summed E-state index contributed by atoms with van der Waals surface area (Å²) in [6, 6.07) is 9.20. The predicted octanol–water partition coefficient (Wildman–Crippen LogP) is 2.48. The molecule has 3 rings (SSSR count). The number of cyclic esters (lactones) is 1. The summed E-state index contributed by atoms with van der Waals surface area (Å²) in [5, 5.41) is 0. The van der Waals surface area contributed by atoms with Crippen molar-refractivity contribution in [1.82, 2.24) is 0 Å². The fraction of sp³-hybridized carbons (Fsp3) is 0.375. The molecule has 3 nitrogen and oxygen atoms in total. The summed E-state index contributed by atoms with van der Waals surface area (Å²) in [6.07, 6.45) is 4.06. The van der Waals surface area contributed by atoms with Crippen molar-refractivity contribution in [3.05, 3.63) is 48.0 Å². The first-order valence-electron chi connectivity index (χ1n) is 6.62. The minimum atomic E-state index is -0.312. The lowest BCUT2D eigenvalue weighted by Gasteiger charge is -2.30. The van der Waals surface area contributed by atoms with Gasteiger partial charge in [0.2, 0.25) is 0 Å². The van der Waals surface area contributed by atoms with Gasteiger partial charge in [-0.1, -0.05) is 49.4 Å². The molecule has 0 bridgehead atoms. The molecule has 1 aromatic carbocycles. The molecule has 0 spiro atoms. The van der Waals surface area contributed by atoms with Gasteiger partial charge < -0.3 is 4.74 Å². The Labute approximate surface area is 112 Å². The van der Waals surface area contributed by atoms with Crippen LogP contribution in [0.15, 0.2) is 42.5 Å². The predicted molar refractivity (Wildman–Crippen MR) is 70.5 cm³/mol. The van der Waals surface area contributed by atoms with Crippen LogP contribution in [-0.4, -0.2) is 18.4 Å². The second-order valence-electron chi connectivity index (χ2n) is 5.32. The summed E-state index contributed by atoms with van der Waals surface area (Å²) < 4.78 is 5.12. The lowest BCUT2D eigenvalue weighted by Crippen LogP contribution is -2.37. The normalized spacial score (nSPS) is 32.8. The molecular formula is C16H16O3. The highest BCUT2D eigenvalue weighted by atomic mass is 16.5. The number of allylic oxidation sites excluding steroid dienone is 1. The number of hydrogen-bond acceptors (Lipinski definition) is 3. The molecule has 1 heterocycles. The second-order valence-corrected chi connectivity index (χ2v) is 5.32. The number of ketones is 1. The number of fused-ring (bicyclic) bond motifs is 1. The molecule has 1 fully saturated rings. The Hall–Kier alpha value is -1.90. The van der Waals surface area contributed by atoms with Gasteiger partial charge in [-0.15, -0.1) is 0 Å². The van der Waals surface area contributed by atoms with Crippen LogP contribution in [0, 0.1) is 23.7 Å². The number of carbonyl (C=O) groups excluding carboxylic acids is 2. The minimum absolute atomic E-state index is 0.0475. The molecule has 3 heteroatoms. The van der Waals surface area contributed by atoms with Crippen molar-refractivity contribution in [2.75, 3.05) is 6.61 Å². The van der Waals surface area contributed by atoms with Crippen LogP contribution in [-0.2, 0) is 9.53 Å². The maximum absolute atomic E-state index is 12.7. The Balaban J connectivity index is 1.96. The molecule has 0 aromatic heterocycles. The Morgan fingerprint density at radius 3 is 2.68 bits per heavy atom. The van der Waals surface area contributed by atoms with E-state index in [0.717, 1.165) is 0 Å². The Morgan fingerprint density at radius 1 is 1.21 bits per heavy atom. The number of ether oxygens (including phenoxy) is 1. The first-order chi connectivity index (χ1) is 9.18. The number of benzene rings is 1. The van der Waals surface area contributed by atoms with Crippen LogP contribution in [0.3, 0.4) is 0 Å². The van der Waals surface area contributed by atoms with E-state index in [1.165, 1.54) is 0 Å². The monoisotopic (exact) mass is 256 g/mol. The smallest absolute Gasteiger partial charge is 0.310 e. The number of esters is 1. The number of carbonyl (C=O) groups is 2. The summed E-state index contributed by atoms with van der Waals surface area (Å²) in [6.45, 7) is 2.40. The number of hydrogen-bond donors (Lipinski definition) is 0. The maximum Gasteiger partial charge on any atom is 0.310 e. The van der Waals surface area contributed by atoms with Crippen LogP contribution in [0.1, 0.15) is 17.3 Å². The van der Waals surface area contributed by atoms with Gasteiger partial charge in [-0.25, -0.2) is 0 Å². The standard InChI is InChI=1S/C16H16O3/c1-10-7-8-12-9-19-16(18)14(12)13(10)15(17)11-5-3-2-4-6-11/h2-8,10,12-14H,9H2,1H3/t10-,12-,13+,14-/m1/s1. The SMILES string of the molecule is C[C@@H]1C=C[C@@H]2COC(=O)[C@H]2[C@H]1C(=O)c1ccccc1. The van der Waals surface area contributed by atoms with Crippen LogP contribution in [0.4, 0.5) is 0 Å². The molecule has 0 unspecified atom stereocenters. The van der Waals surface area contributed by atoms with Gasteiger partial charge in [0, 0.05) is 17.4 Å². The Bertz CT molecular complexity index is 532. The van der Waals surface area contributed by atoms with E-state index in [2.05, 4.69) is 0 Å². The molecule has 0 radical (unpaired) electrons. The van der Waals surface area contributed by atoms with E-state index in [4.69, 9.17) is 4.74 Å². The van der Waals surface area contributed by atoms with Gasteiger partial charge >= 0.3 is 5.97 Å². The van der Waals surface area contributed by atoms with Crippen LogP contribution in [0.25, 0.3) is 0 Å². The van der Waals surface area contributed by atoms with Gasteiger partial charge in [0.25, 0.3) is 0 Å². The zero-order chi connectivity index (χ0) is 13.4. The van der Waals surface area contributed by atoms with E-state index in [1.807, 2.05) is 49.4 Å². The molecule has 4 atom stereocenters. The van der Waals surface area contributed by atoms with E-state index in [-0.39, 0.29) is 35.4 Å². The highest BCUT2D eigenvalue weighted by Crippen LogP contribution is 2.40. The van der Waals surface area contributed by atoms with Crippen molar-refractivity contribution in [3.8, 4) is 0 Å². The highest BCUT2D eigenvalue weighted by molar-refractivity contribution is 6.00. The fourth-order valence-corrected chi connectivity index (χ4v) is 3.10. The zero-order valence-electron chi connectivity index (χ0n) is 10.8. The van der Waals surface area contributed by atoms with E-state index in [9.17, 15) is 9.59 Å².